The lowest BCUT2D eigenvalue weighted by atomic mass is 9.81. The van der Waals surface area contributed by atoms with Gasteiger partial charge in [-0.2, -0.15) is 17.4 Å². The van der Waals surface area contributed by atoms with Crippen molar-refractivity contribution < 1.29 is 8.42 Å². The van der Waals surface area contributed by atoms with Crippen LogP contribution in [0.2, 0.25) is 0 Å². The first-order chi connectivity index (χ1) is 10.1. The minimum Gasteiger partial charge on any atom is -0.312 e. The Morgan fingerprint density at radius 3 is 2.48 bits per heavy atom. The average molecular weight is 315 g/mol. The molecule has 2 aliphatic carbocycles. The average Bonchev–Trinajstić information content (AvgIpc) is 3.17. The molecule has 21 heavy (non-hydrogen) atoms. The molecule has 0 aromatic rings. The van der Waals surface area contributed by atoms with Crippen LogP contribution < -0.4 is 10.0 Å². The van der Waals surface area contributed by atoms with E-state index in [-0.39, 0.29) is 12.1 Å². The van der Waals surface area contributed by atoms with Crippen molar-refractivity contribution in [2.75, 3.05) is 13.1 Å². The van der Waals surface area contributed by atoms with Crippen LogP contribution in [0.3, 0.4) is 0 Å². The highest BCUT2D eigenvalue weighted by Crippen LogP contribution is 2.30. The van der Waals surface area contributed by atoms with E-state index in [9.17, 15) is 8.42 Å². The second-order valence-corrected chi connectivity index (χ2v) is 8.70. The number of nitrogens with zero attached hydrogens (tertiary/aromatic N) is 1. The molecule has 1 heterocycles. The Bertz CT molecular complexity index is 446. The van der Waals surface area contributed by atoms with Gasteiger partial charge in [-0.25, -0.2) is 0 Å². The molecule has 0 aromatic carbocycles. The van der Waals surface area contributed by atoms with Crippen molar-refractivity contribution >= 4 is 10.2 Å². The molecule has 3 rings (SSSR count). The van der Waals surface area contributed by atoms with Crippen LogP contribution in [0.4, 0.5) is 0 Å². The zero-order valence-corrected chi connectivity index (χ0v) is 13.9. The molecule has 2 atom stereocenters. The van der Waals surface area contributed by atoms with Gasteiger partial charge in [0.15, 0.2) is 0 Å². The fourth-order valence-electron chi connectivity index (χ4n) is 3.42. The minimum atomic E-state index is -3.34. The number of rotatable bonds is 7. The lowest BCUT2D eigenvalue weighted by Gasteiger charge is -2.38. The lowest BCUT2D eigenvalue weighted by molar-refractivity contribution is 0.228. The Hall–Kier alpha value is -0.170. The van der Waals surface area contributed by atoms with E-state index in [1.165, 1.54) is 19.3 Å². The Labute approximate surface area is 129 Å². The zero-order valence-electron chi connectivity index (χ0n) is 13.1. The third-order valence-electron chi connectivity index (χ3n) is 5.29. The predicted octanol–water partition coefficient (Wildman–Crippen LogP) is 1.62. The largest absolute Gasteiger partial charge is 0.312 e. The maximum Gasteiger partial charge on any atom is 0.279 e. The van der Waals surface area contributed by atoms with Crippen LogP contribution in [0.1, 0.15) is 58.3 Å². The number of hydrogen-bond acceptors (Lipinski definition) is 3. The van der Waals surface area contributed by atoms with Gasteiger partial charge in [0.25, 0.3) is 10.2 Å². The van der Waals surface area contributed by atoms with Crippen molar-refractivity contribution in [1.29, 1.82) is 0 Å². The lowest BCUT2D eigenvalue weighted by Crippen LogP contribution is -2.55. The summed E-state index contributed by atoms with van der Waals surface area (Å²) in [5, 5.41) is 3.49. The van der Waals surface area contributed by atoms with Crippen LogP contribution in [0.25, 0.3) is 0 Å². The van der Waals surface area contributed by atoms with E-state index < -0.39 is 10.2 Å². The molecule has 122 valence electrons. The van der Waals surface area contributed by atoms with E-state index in [0.29, 0.717) is 18.5 Å². The summed E-state index contributed by atoms with van der Waals surface area (Å²) in [7, 11) is -3.34. The van der Waals surface area contributed by atoms with E-state index in [4.69, 9.17) is 0 Å². The highest BCUT2D eigenvalue weighted by Gasteiger charge is 2.36. The zero-order chi connectivity index (χ0) is 14.9. The van der Waals surface area contributed by atoms with Gasteiger partial charge in [-0.1, -0.05) is 12.8 Å². The van der Waals surface area contributed by atoms with Crippen LogP contribution in [-0.2, 0) is 10.2 Å². The van der Waals surface area contributed by atoms with Gasteiger partial charge < -0.3 is 5.32 Å². The van der Waals surface area contributed by atoms with Crippen molar-refractivity contribution in [3.05, 3.63) is 0 Å². The molecular weight excluding hydrogens is 286 g/mol. The van der Waals surface area contributed by atoms with Gasteiger partial charge in [0.2, 0.25) is 0 Å². The van der Waals surface area contributed by atoms with Gasteiger partial charge in [-0.3, -0.25) is 0 Å². The molecule has 0 bridgehead atoms. The van der Waals surface area contributed by atoms with E-state index >= 15 is 0 Å². The van der Waals surface area contributed by atoms with Crippen LogP contribution >= 0.6 is 0 Å². The highest BCUT2D eigenvalue weighted by atomic mass is 32.2. The summed E-state index contributed by atoms with van der Waals surface area (Å²) in [6.45, 7) is 3.50. The molecule has 2 unspecified atom stereocenters. The summed E-state index contributed by atoms with van der Waals surface area (Å²) in [4.78, 5) is 0. The Morgan fingerprint density at radius 1 is 1.10 bits per heavy atom. The van der Waals surface area contributed by atoms with Crippen molar-refractivity contribution in [1.82, 2.24) is 14.3 Å². The standard InChI is InChI=1S/C15H29N3O2S/c1-12(13-5-4-6-13)17-21(19,20)18-10-3-2-7-15(18)11-16-14-8-9-14/h12-17H,2-11H2,1H3. The summed E-state index contributed by atoms with van der Waals surface area (Å²) in [5.74, 6) is 0.535. The molecule has 6 heteroatoms. The normalized spacial score (nSPS) is 30.0. The summed E-state index contributed by atoms with van der Waals surface area (Å²) in [5.41, 5.74) is 0. The number of piperidine rings is 1. The predicted molar refractivity (Wildman–Crippen MR) is 84.2 cm³/mol. The molecular formula is C15H29N3O2S. The third-order valence-corrected chi connectivity index (χ3v) is 7.06. The van der Waals surface area contributed by atoms with Gasteiger partial charge in [0.05, 0.1) is 0 Å². The molecule has 0 radical (unpaired) electrons. The first kappa shape index (κ1) is 15.7. The highest BCUT2D eigenvalue weighted by molar-refractivity contribution is 7.87. The summed E-state index contributed by atoms with van der Waals surface area (Å²) >= 11 is 0. The van der Waals surface area contributed by atoms with Crippen LogP contribution in [0.15, 0.2) is 0 Å². The molecule has 2 saturated carbocycles. The molecule has 5 nitrogen and oxygen atoms in total. The molecule has 2 N–H and O–H groups in total. The van der Waals surface area contributed by atoms with Crippen LogP contribution in [-0.4, -0.2) is 43.9 Å². The fourth-order valence-corrected chi connectivity index (χ4v) is 5.16. The van der Waals surface area contributed by atoms with E-state index in [2.05, 4.69) is 10.0 Å². The van der Waals surface area contributed by atoms with Gasteiger partial charge in [-0.15, -0.1) is 0 Å². The fraction of sp³-hybridized carbons (Fsp3) is 1.00. The second kappa shape index (κ2) is 6.52. The van der Waals surface area contributed by atoms with Crippen LogP contribution in [0, 0.1) is 5.92 Å². The summed E-state index contributed by atoms with van der Waals surface area (Å²) < 4.78 is 30.1. The minimum absolute atomic E-state index is 0.0720. The number of nitrogens with one attached hydrogen (secondary N) is 2. The quantitative estimate of drug-likeness (QED) is 0.750. The van der Waals surface area contributed by atoms with Gasteiger partial charge in [-0.05, 0) is 51.4 Å². The third kappa shape index (κ3) is 3.97. The topological polar surface area (TPSA) is 61.4 Å². The number of hydrogen-bond donors (Lipinski definition) is 2. The van der Waals surface area contributed by atoms with Gasteiger partial charge in [0, 0.05) is 31.2 Å². The summed E-state index contributed by atoms with van der Waals surface area (Å²) in [6.07, 6.45) is 9.17. The molecule has 0 spiro atoms. The van der Waals surface area contributed by atoms with E-state index in [1.807, 2.05) is 6.92 Å². The molecule has 3 aliphatic rings. The van der Waals surface area contributed by atoms with Crippen molar-refractivity contribution in [2.45, 2.75) is 76.4 Å². The Kier molecular flexibility index (Phi) is 4.88. The molecule has 1 aliphatic heterocycles. The van der Waals surface area contributed by atoms with Crippen molar-refractivity contribution in [3.8, 4) is 0 Å². The first-order valence-corrected chi connectivity index (χ1v) is 10.0. The maximum absolute atomic E-state index is 12.7. The maximum atomic E-state index is 12.7. The van der Waals surface area contributed by atoms with Gasteiger partial charge >= 0.3 is 0 Å². The van der Waals surface area contributed by atoms with Gasteiger partial charge in [0.1, 0.15) is 0 Å². The summed E-state index contributed by atoms with van der Waals surface area (Å²) in [6, 6.07) is 0.839. The molecule has 0 amide bonds. The molecule has 1 saturated heterocycles. The SMILES string of the molecule is CC(NS(=O)(=O)N1CCCCC1CNC1CC1)C1CCC1. The Morgan fingerprint density at radius 2 is 1.86 bits per heavy atom. The van der Waals surface area contributed by atoms with Crippen molar-refractivity contribution in [3.63, 3.8) is 0 Å². The Balaban J connectivity index is 1.59. The molecule has 0 aromatic heterocycles. The molecule has 3 fully saturated rings. The van der Waals surface area contributed by atoms with Crippen molar-refractivity contribution in [2.24, 2.45) is 5.92 Å². The van der Waals surface area contributed by atoms with E-state index in [0.717, 1.165) is 38.6 Å². The second-order valence-electron chi connectivity index (χ2n) is 7.05. The monoisotopic (exact) mass is 315 g/mol. The van der Waals surface area contributed by atoms with Crippen LogP contribution in [0.5, 0.6) is 0 Å². The smallest absolute Gasteiger partial charge is 0.279 e. The first-order valence-electron chi connectivity index (χ1n) is 8.59. The van der Waals surface area contributed by atoms with E-state index in [1.54, 1.807) is 4.31 Å².